The number of nitrogens with two attached hydrogens (primary N) is 1. The second-order valence-corrected chi connectivity index (χ2v) is 3.88. The minimum Gasteiger partial charge on any atom is -0.505 e. The van der Waals surface area contributed by atoms with Crippen LogP contribution in [0.25, 0.3) is 0 Å². The zero-order valence-corrected chi connectivity index (χ0v) is 10.5. The molecule has 8 heteroatoms. The summed E-state index contributed by atoms with van der Waals surface area (Å²) in [4.78, 5) is 22.0. The Kier molecular flexibility index (Phi) is 4.98. The number of hydrogen-bond acceptors (Lipinski definition) is 5. The fourth-order valence-electron chi connectivity index (χ4n) is 1.52. The van der Waals surface area contributed by atoms with Crippen LogP contribution in [-0.4, -0.2) is 34.9 Å². The minimum atomic E-state index is -2.36. The summed E-state index contributed by atoms with van der Waals surface area (Å²) in [6, 6.07) is -0.384. The molecule has 1 rings (SSSR count). The molecule has 0 spiro atoms. The second-order valence-electron chi connectivity index (χ2n) is 3.88. The van der Waals surface area contributed by atoms with Gasteiger partial charge in [-0.25, -0.2) is 18.4 Å². The van der Waals surface area contributed by atoms with E-state index in [1.807, 2.05) is 0 Å². The molecule has 0 aliphatic heterocycles. The molecule has 0 fully saturated rings. The van der Waals surface area contributed by atoms with Gasteiger partial charge < -0.3 is 20.7 Å². The zero-order chi connectivity index (χ0) is 15.4. The quantitative estimate of drug-likeness (QED) is 0.701. The molecule has 1 aromatic rings. The van der Waals surface area contributed by atoms with E-state index in [0.717, 1.165) is 6.07 Å². The van der Waals surface area contributed by atoms with Crippen LogP contribution in [0.4, 0.5) is 8.78 Å². The Hall–Kier alpha value is -2.22. The summed E-state index contributed by atoms with van der Waals surface area (Å²) < 4.78 is 31.5. The van der Waals surface area contributed by atoms with Crippen molar-refractivity contribution < 1.29 is 33.3 Å². The first kappa shape index (κ1) is 15.8. The Balaban J connectivity index is 3.17. The highest BCUT2D eigenvalue weighted by Gasteiger charge is 2.31. The molecule has 0 saturated carbocycles. The number of carbonyl (C=O) groups is 2. The summed E-state index contributed by atoms with van der Waals surface area (Å²) in [5.41, 5.74) is 4.36. The first-order chi connectivity index (χ1) is 9.29. The van der Waals surface area contributed by atoms with E-state index in [1.54, 1.807) is 0 Å². The van der Waals surface area contributed by atoms with Crippen molar-refractivity contribution in [3.05, 3.63) is 29.1 Å². The van der Waals surface area contributed by atoms with Gasteiger partial charge >= 0.3 is 11.9 Å². The van der Waals surface area contributed by atoms with Crippen molar-refractivity contribution in [3.63, 3.8) is 0 Å². The van der Waals surface area contributed by atoms with Crippen molar-refractivity contribution in [1.29, 1.82) is 0 Å². The van der Waals surface area contributed by atoms with Gasteiger partial charge in [-0.2, -0.15) is 0 Å². The molecule has 0 heterocycles. The normalized spacial score (nSPS) is 13.6. The van der Waals surface area contributed by atoms with Crippen molar-refractivity contribution in [2.45, 2.75) is 19.1 Å². The lowest BCUT2D eigenvalue weighted by Gasteiger charge is -2.17. The zero-order valence-electron chi connectivity index (χ0n) is 10.5. The molecule has 0 bridgehead atoms. The molecule has 4 N–H and O–H groups in total. The third kappa shape index (κ3) is 3.21. The van der Waals surface area contributed by atoms with Gasteiger partial charge in [-0.1, -0.05) is 0 Å². The first-order valence-corrected chi connectivity index (χ1v) is 5.61. The number of esters is 1. The largest absolute Gasteiger partial charge is 0.505 e. The number of rotatable bonds is 5. The topological polar surface area (TPSA) is 110 Å². The fraction of sp³-hybridized carbons (Fsp3) is 0.333. The van der Waals surface area contributed by atoms with Crippen molar-refractivity contribution in [2.24, 2.45) is 5.73 Å². The highest BCUT2D eigenvalue weighted by molar-refractivity contribution is 5.88. The summed E-state index contributed by atoms with van der Waals surface area (Å²) in [6.07, 6.45) is -2.36. The van der Waals surface area contributed by atoms with Crippen molar-refractivity contribution in [1.82, 2.24) is 0 Å². The van der Waals surface area contributed by atoms with Gasteiger partial charge in [0.1, 0.15) is 0 Å². The first-order valence-electron chi connectivity index (χ1n) is 5.61. The molecule has 20 heavy (non-hydrogen) atoms. The molecule has 0 aromatic heterocycles. The van der Waals surface area contributed by atoms with Gasteiger partial charge in [0.2, 0.25) is 6.17 Å². The fourth-order valence-corrected chi connectivity index (χ4v) is 1.52. The van der Waals surface area contributed by atoms with Crippen LogP contribution in [-0.2, 0) is 9.53 Å². The molecule has 1 unspecified atom stereocenters. The monoisotopic (exact) mass is 289 g/mol. The third-order valence-electron chi connectivity index (χ3n) is 2.53. The van der Waals surface area contributed by atoms with Crippen molar-refractivity contribution in [3.8, 4) is 5.75 Å². The number of phenolic OH excluding ortho intramolecular Hbond substituents is 1. The molecular formula is C12H13F2NO5. The number of aromatic carboxylic acids is 1. The molecule has 0 aliphatic rings. The van der Waals surface area contributed by atoms with Gasteiger partial charge in [0.05, 0.1) is 18.2 Å². The molecule has 0 saturated heterocycles. The van der Waals surface area contributed by atoms with Crippen molar-refractivity contribution in [2.75, 3.05) is 6.61 Å². The highest BCUT2D eigenvalue weighted by Crippen LogP contribution is 2.30. The second kappa shape index (κ2) is 6.29. The third-order valence-corrected chi connectivity index (χ3v) is 2.53. The number of carboxylic acid groups (broad SMARTS) is 1. The molecule has 0 amide bonds. The van der Waals surface area contributed by atoms with Gasteiger partial charge in [0.25, 0.3) is 0 Å². The Labute approximate surface area is 112 Å². The van der Waals surface area contributed by atoms with Crippen LogP contribution >= 0.6 is 0 Å². The Morgan fingerprint density at radius 1 is 1.45 bits per heavy atom. The average Bonchev–Trinajstić information content (AvgIpc) is 2.40. The van der Waals surface area contributed by atoms with Gasteiger partial charge in [-0.3, -0.25) is 0 Å². The number of ether oxygens (including phenoxy) is 1. The predicted octanol–water partition coefficient (Wildman–Crippen LogP) is 1.13. The van der Waals surface area contributed by atoms with E-state index >= 15 is 0 Å². The smallest absolute Gasteiger partial charge is 0.342 e. The molecule has 6 nitrogen and oxygen atoms in total. The maximum Gasteiger partial charge on any atom is 0.342 e. The van der Waals surface area contributed by atoms with E-state index in [-0.39, 0.29) is 6.61 Å². The van der Waals surface area contributed by atoms with Crippen LogP contribution in [0, 0.1) is 5.82 Å². The van der Waals surface area contributed by atoms with E-state index in [2.05, 4.69) is 4.74 Å². The van der Waals surface area contributed by atoms with Gasteiger partial charge in [-0.05, 0) is 19.1 Å². The van der Waals surface area contributed by atoms with E-state index in [0.29, 0.717) is 6.07 Å². The van der Waals surface area contributed by atoms with Crippen LogP contribution in [0.5, 0.6) is 5.75 Å². The Morgan fingerprint density at radius 3 is 2.55 bits per heavy atom. The molecule has 0 radical (unpaired) electrons. The number of halogens is 2. The highest BCUT2D eigenvalue weighted by atomic mass is 19.1. The van der Waals surface area contributed by atoms with Crippen LogP contribution in [0.3, 0.4) is 0 Å². The molecule has 0 aliphatic carbocycles. The minimum absolute atomic E-state index is 0.0819. The number of carbonyl (C=O) groups excluding carboxylic acids is 1. The number of carboxylic acids is 1. The summed E-state index contributed by atoms with van der Waals surface area (Å²) in [5, 5.41) is 18.2. The Morgan fingerprint density at radius 2 is 2.05 bits per heavy atom. The number of aromatic hydroxyl groups is 1. The summed E-state index contributed by atoms with van der Waals surface area (Å²) in [6.45, 7) is 1.37. The molecular weight excluding hydrogens is 276 g/mol. The number of benzene rings is 1. The van der Waals surface area contributed by atoms with E-state index in [4.69, 9.17) is 10.8 Å². The number of alkyl halides is 1. The number of hydrogen-bond donors (Lipinski definition) is 3. The predicted molar refractivity (Wildman–Crippen MR) is 63.5 cm³/mol. The van der Waals surface area contributed by atoms with Gasteiger partial charge in [0.15, 0.2) is 11.6 Å². The van der Waals surface area contributed by atoms with Crippen molar-refractivity contribution >= 4 is 11.9 Å². The maximum atomic E-state index is 13.7. The van der Waals surface area contributed by atoms with Crippen LogP contribution in [0.1, 0.15) is 28.9 Å². The van der Waals surface area contributed by atoms with E-state index in [9.17, 15) is 23.5 Å². The average molecular weight is 289 g/mol. The lowest BCUT2D eigenvalue weighted by Crippen LogP contribution is -2.31. The summed E-state index contributed by atoms with van der Waals surface area (Å²) >= 11 is 0. The molecule has 1 aromatic carbocycles. The molecule has 2 atom stereocenters. The number of phenols is 1. The lowest BCUT2D eigenvalue weighted by molar-refractivity contribution is -0.149. The van der Waals surface area contributed by atoms with E-state index < -0.39 is 46.8 Å². The summed E-state index contributed by atoms with van der Waals surface area (Å²) in [5.74, 6) is -5.04. The van der Waals surface area contributed by atoms with Gasteiger partial charge in [-0.15, -0.1) is 0 Å². The standard InChI is InChI=1S/C12H13F2NO5/c1-2-20-12(19)8(14)9(15)6-3-5(11(17)18)4-7(13)10(6)16/h3-4,8-9,16H,2,15H2,1H3,(H,17,18)/t8?,9-/m1/s1. The van der Waals surface area contributed by atoms with Gasteiger partial charge in [0, 0.05) is 5.56 Å². The van der Waals surface area contributed by atoms with Crippen LogP contribution < -0.4 is 5.73 Å². The van der Waals surface area contributed by atoms with E-state index in [1.165, 1.54) is 6.92 Å². The summed E-state index contributed by atoms with van der Waals surface area (Å²) in [7, 11) is 0. The SMILES string of the molecule is CCOC(=O)C(F)[C@H](N)c1cc(C(=O)O)cc(F)c1O. The van der Waals surface area contributed by atoms with Crippen LogP contribution in [0.15, 0.2) is 12.1 Å². The maximum absolute atomic E-state index is 13.7. The Bertz CT molecular complexity index is 535. The lowest BCUT2D eigenvalue weighted by atomic mass is 9.99. The molecule has 110 valence electrons. The van der Waals surface area contributed by atoms with Crippen LogP contribution in [0.2, 0.25) is 0 Å².